The highest BCUT2D eigenvalue weighted by Crippen LogP contribution is 2.28. The molecule has 0 radical (unpaired) electrons. The molecule has 0 saturated heterocycles. The Morgan fingerprint density at radius 2 is 2.11 bits per heavy atom. The lowest BCUT2D eigenvalue weighted by atomic mass is 10.1. The Bertz CT molecular complexity index is 636. The van der Waals surface area contributed by atoms with E-state index in [0.29, 0.717) is 0 Å². The fourth-order valence-electron chi connectivity index (χ4n) is 2.05. The van der Waals surface area contributed by atoms with Gasteiger partial charge in [-0.25, -0.2) is 4.98 Å². The van der Waals surface area contributed by atoms with Crippen molar-refractivity contribution in [2.24, 2.45) is 5.73 Å². The standard InChI is InChI=1S/C14H14N2S2/c1-9-6-7-17-14(9)10(15)8-13-16-11-4-2-3-5-12(11)18-13/h2-7,10H,8,15H2,1H3. The lowest BCUT2D eigenvalue weighted by Crippen LogP contribution is -2.12. The maximum absolute atomic E-state index is 6.27. The van der Waals surface area contributed by atoms with Crippen LogP contribution in [0.1, 0.15) is 21.5 Å². The molecule has 2 aromatic heterocycles. The largest absolute Gasteiger partial charge is 0.323 e. The van der Waals surface area contributed by atoms with Gasteiger partial charge in [-0.2, -0.15) is 0 Å². The average Bonchev–Trinajstić information content (AvgIpc) is 2.94. The van der Waals surface area contributed by atoms with Gasteiger partial charge in [0.05, 0.1) is 15.2 Å². The molecular weight excluding hydrogens is 260 g/mol. The molecule has 0 amide bonds. The SMILES string of the molecule is Cc1ccsc1C(N)Cc1nc2ccccc2s1. The lowest BCUT2D eigenvalue weighted by molar-refractivity contribution is 0.729. The van der Waals surface area contributed by atoms with Crippen LogP contribution in [-0.4, -0.2) is 4.98 Å². The first-order valence-corrected chi connectivity index (χ1v) is 7.57. The minimum Gasteiger partial charge on any atom is -0.323 e. The summed E-state index contributed by atoms with van der Waals surface area (Å²) in [6, 6.07) is 10.4. The number of hydrogen-bond acceptors (Lipinski definition) is 4. The van der Waals surface area contributed by atoms with Gasteiger partial charge >= 0.3 is 0 Å². The third-order valence-corrected chi connectivity index (χ3v) is 5.18. The number of thiophene rings is 1. The predicted molar refractivity (Wildman–Crippen MR) is 79.3 cm³/mol. The number of thiazole rings is 1. The molecule has 0 aliphatic heterocycles. The van der Waals surface area contributed by atoms with E-state index < -0.39 is 0 Å². The van der Waals surface area contributed by atoms with E-state index in [1.807, 2.05) is 12.1 Å². The maximum atomic E-state index is 6.27. The molecule has 0 aliphatic rings. The second kappa shape index (κ2) is 4.80. The van der Waals surface area contributed by atoms with Crippen molar-refractivity contribution in [1.82, 2.24) is 4.98 Å². The second-order valence-corrected chi connectivity index (χ2v) is 6.42. The summed E-state index contributed by atoms with van der Waals surface area (Å²) < 4.78 is 1.24. The molecule has 4 heteroatoms. The Morgan fingerprint density at radius 3 is 2.83 bits per heavy atom. The molecule has 2 N–H and O–H groups in total. The zero-order valence-corrected chi connectivity index (χ0v) is 11.7. The summed E-state index contributed by atoms with van der Waals surface area (Å²) >= 11 is 3.48. The first-order chi connectivity index (χ1) is 8.74. The number of hydrogen-bond donors (Lipinski definition) is 1. The molecule has 0 fully saturated rings. The molecule has 1 unspecified atom stereocenters. The number of aryl methyl sites for hydroxylation is 1. The number of fused-ring (bicyclic) bond motifs is 1. The molecule has 0 aliphatic carbocycles. The Morgan fingerprint density at radius 1 is 1.28 bits per heavy atom. The number of benzene rings is 1. The molecule has 3 aromatic rings. The van der Waals surface area contributed by atoms with Crippen molar-refractivity contribution in [1.29, 1.82) is 0 Å². The van der Waals surface area contributed by atoms with E-state index >= 15 is 0 Å². The lowest BCUT2D eigenvalue weighted by Gasteiger charge is -2.08. The number of para-hydroxylation sites is 1. The first-order valence-electron chi connectivity index (χ1n) is 5.88. The van der Waals surface area contributed by atoms with Crippen LogP contribution in [0.5, 0.6) is 0 Å². The van der Waals surface area contributed by atoms with Crippen LogP contribution < -0.4 is 5.73 Å². The Kier molecular flexibility index (Phi) is 3.16. The quantitative estimate of drug-likeness (QED) is 0.786. The van der Waals surface area contributed by atoms with Crippen molar-refractivity contribution in [2.45, 2.75) is 19.4 Å². The van der Waals surface area contributed by atoms with Gasteiger partial charge in [-0.3, -0.25) is 0 Å². The maximum Gasteiger partial charge on any atom is 0.0957 e. The Balaban J connectivity index is 1.86. The fourth-order valence-corrected chi connectivity index (χ4v) is 4.01. The predicted octanol–water partition coefficient (Wildman–Crippen LogP) is 3.91. The average molecular weight is 274 g/mol. The van der Waals surface area contributed by atoms with E-state index in [9.17, 15) is 0 Å². The smallest absolute Gasteiger partial charge is 0.0957 e. The van der Waals surface area contributed by atoms with E-state index in [0.717, 1.165) is 16.9 Å². The van der Waals surface area contributed by atoms with Crippen molar-refractivity contribution >= 4 is 32.9 Å². The molecule has 92 valence electrons. The van der Waals surface area contributed by atoms with Gasteiger partial charge in [0, 0.05) is 17.3 Å². The number of nitrogens with zero attached hydrogens (tertiary/aromatic N) is 1. The molecular formula is C14H14N2S2. The Labute approximate surface area is 114 Å². The summed E-state index contributed by atoms with van der Waals surface area (Å²) in [7, 11) is 0. The van der Waals surface area contributed by atoms with Crippen LogP contribution in [-0.2, 0) is 6.42 Å². The van der Waals surface area contributed by atoms with Gasteiger partial charge in [-0.05, 0) is 36.1 Å². The van der Waals surface area contributed by atoms with Crippen LogP contribution in [0.2, 0.25) is 0 Å². The third-order valence-electron chi connectivity index (χ3n) is 2.97. The minimum absolute atomic E-state index is 0.0607. The second-order valence-electron chi connectivity index (χ2n) is 4.35. The highest BCUT2D eigenvalue weighted by atomic mass is 32.1. The van der Waals surface area contributed by atoms with Gasteiger partial charge in [0.25, 0.3) is 0 Å². The summed E-state index contributed by atoms with van der Waals surface area (Å²) in [5.74, 6) is 0. The van der Waals surface area contributed by atoms with Crippen LogP contribution >= 0.6 is 22.7 Å². The first kappa shape index (κ1) is 11.8. The van der Waals surface area contributed by atoms with Crippen molar-refractivity contribution in [3.63, 3.8) is 0 Å². The van der Waals surface area contributed by atoms with Gasteiger partial charge in [0.15, 0.2) is 0 Å². The molecule has 3 rings (SSSR count). The van der Waals surface area contributed by atoms with Crippen molar-refractivity contribution < 1.29 is 0 Å². The van der Waals surface area contributed by atoms with E-state index in [1.165, 1.54) is 15.1 Å². The van der Waals surface area contributed by atoms with Crippen LogP contribution in [0.15, 0.2) is 35.7 Å². The Hall–Kier alpha value is -1.23. The van der Waals surface area contributed by atoms with Gasteiger partial charge in [0.2, 0.25) is 0 Å². The summed E-state index contributed by atoms with van der Waals surface area (Å²) in [5, 5.41) is 3.22. The summed E-state index contributed by atoms with van der Waals surface area (Å²) in [4.78, 5) is 5.91. The van der Waals surface area contributed by atoms with Crippen LogP contribution in [0.4, 0.5) is 0 Å². The summed E-state index contributed by atoms with van der Waals surface area (Å²) in [5.41, 5.74) is 8.63. The highest BCUT2D eigenvalue weighted by molar-refractivity contribution is 7.18. The molecule has 0 spiro atoms. The van der Waals surface area contributed by atoms with Gasteiger partial charge in [-0.1, -0.05) is 12.1 Å². The zero-order valence-electron chi connectivity index (χ0n) is 10.1. The molecule has 1 aromatic carbocycles. The van der Waals surface area contributed by atoms with Gasteiger partial charge < -0.3 is 5.73 Å². The van der Waals surface area contributed by atoms with E-state index in [2.05, 4.69) is 35.5 Å². The van der Waals surface area contributed by atoms with Crippen molar-refractivity contribution in [3.8, 4) is 0 Å². The molecule has 18 heavy (non-hydrogen) atoms. The minimum atomic E-state index is 0.0607. The number of nitrogens with two attached hydrogens (primary N) is 1. The fraction of sp³-hybridized carbons (Fsp3) is 0.214. The van der Waals surface area contributed by atoms with Crippen molar-refractivity contribution in [2.75, 3.05) is 0 Å². The number of rotatable bonds is 3. The third kappa shape index (κ3) is 2.19. The zero-order chi connectivity index (χ0) is 12.5. The van der Waals surface area contributed by atoms with Crippen molar-refractivity contribution in [3.05, 3.63) is 51.2 Å². The van der Waals surface area contributed by atoms with E-state index in [4.69, 9.17) is 5.73 Å². The topological polar surface area (TPSA) is 38.9 Å². The van der Waals surface area contributed by atoms with Crippen LogP contribution in [0.25, 0.3) is 10.2 Å². The highest BCUT2D eigenvalue weighted by Gasteiger charge is 2.13. The monoisotopic (exact) mass is 274 g/mol. The van der Waals surface area contributed by atoms with Gasteiger partial charge in [0.1, 0.15) is 0 Å². The summed E-state index contributed by atoms with van der Waals surface area (Å²) in [6.07, 6.45) is 0.820. The van der Waals surface area contributed by atoms with Crippen LogP contribution in [0.3, 0.4) is 0 Å². The van der Waals surface area contributed by atoms with Crippen LogP contribution in [0, 0.1) is 6.92 Å². The van der Waals surface area contributed by atoms with E-state index in [1.54, 1.807) is 22.7 Å². The van der Waals surface area contributed by atoms with Gasteiger partial charge in [-0.15, -0.1) is 22.7 Å². The normalized spacial score (nSPS) is 13.0. The summed E-state index contributed by atoms with van der Waals surface area (Å²) in [6.45, 7) is 2.12. The molecule has 0 bridgehead atoms. The molecule has 2 heterocycles. The number of aromatic nitrogens is 1. The molecule has 0 saturated carbocycles. The molecule has 2 nitrogen and oxygen atoms in total. The molecule has 1 atom stereocenters. The van der Waals surface area contributed by atoms with E-state index in [-0.39, 0.29) is 6.04 Å².